The Hall–Kier alpha value is -1.42. The highest BCUT2D eigenvalue weighted by atomic mass is 16.2. The zero-order valence-electron chi connectivity index (χ0n) is 11.9. The summed E-state index contributed by atoms with van der Waals surface area (Å²) in [6, 6.07) is 4.43. The molecule has 20 heavy (non-hydrogen) atoms. The first-order valence-corrected chi connectivity index (χ1v) is 7.61. The number of carbonyl (C=O) groups is 1. The standard InChI is InChI=1S/C16H23N3O/c17-12-16(6-1-7-16)10-15(20)19(14-2-3-14)11-13-4-8-18-9-5-13/h4-5,8-9,14H,1-3,6-7,10-12,17H2. The number of amides is 1. The highest BCUT2D eigenvalue weighted by Gasteiger charge is 2.41. The van der Waals surface area contributed by atoms with Gasteiger partial charge in [0.25, 0.3) is 0 Å². The summed E-state index contributed by atoms with van der Waals surface area (Å²) in [6.45, 7) is 1.36. The molecule has 0 atom stereocenters. The zero-order chi connectivity index (χ0) is 14.0. The molecule has 2 aliphatic rings. The molecule has 4 nitrogen and oxygen atoms in total. The number of hydrogen-bond acceptors (Lipinski definition) is 3. The van der Waals surface area contributed by atoms with Gasteiger partial charge in [0, 0.05) is 31.4 Å². The van der Waals surface area contributed by atoms with Gasteiger partial charge in [0.15, 0.2) is 0 Å². The molecule has 4 heteroatoms. The van der Waals surface area contributed by atoms with Gasteiger partial charge < -0.3 is 10.6 Å². The van der Waals surface area contributed by atoms with E-state index in [9.17, 15) is 4.79 Å². The van der Waals surface area contributed by atoms with Crippen molar-refractivity contribution in [2.45, 2.75) is 51.1 Å². The molecule has 0 saturated heterocycles. The number of pyridine rings is 1. The molecule has 2 fully saturated rings. The van der Waals surface area contributed by atoms with Crippen LogP contribution >= 0.6 is 0 Å². The molecule has 0 aromatic carbocycles. The highest BCUT2D eigenvalue weighted by molar-refractivity contribution is 5.77. The van der Waals surface area contributed by atoms with Crippen molar-refractivity contribution in [1.29, 1.82) is 0 Å². The van der Waals surface area contributed by atoms with Crippen molar-refractivity contribution in [2.75, 3.05) is 6.54 Å². The van der Waals surface area contributed by atoms with Crippen molar-refractivity contribution in [2.24, 2.45) is 11.1 Å². The lowest BCUT2D eigenvalue weighted by Gasteiger charge is -2.41. The van der Waals surface area contributed by atoms with E-state index in [2.05, 4.69) is 9.88 Å². The molecule has 3 rings (SSSR count). The van der Waals surface area contributed by atoms with Crippen molar-refractivity contribution >= 4 is 5.91 Å². The molecule has 108 valence electrons. The molecular weight excluding hydrogens is 250 g/mol. The third-order valence-corrected chi connectivity index (χ3v) is 4.78. The van der Waals surface area contributed by atoms with E-state index in [-0.39, 0.29) is 11.3 Å². The summed E-state index contributed by atoms with van der Waals surface area (Å²) in [4.78, 5) is 18.7. The Balaban J connectivity index is 1.66. The summed E-state index contributed by atoms with van der Waals surface area (Å²) in [7, 11) is 0. The molecule has 0 radical (unpaired) electrons. The summed E-state index contributed by atoms with van der Waals surface area (Å²) in [5, 5.41) is 0. The lowest BCUT2D eigenvalue weighted by molar-refractivity contribution is -0.136. The average molecular weight is 273 g/mol. The molecule has 0 unspecified atom stereocenters. The van der Waals surface area contributed by atoms with Crippen LogP contribution in [0.4, 0.5) is 0 Å². The predicted molar refractivity (Wildman–Crippen MR) is 77.8 cm³/mol. The van der Waals surface area contributed by atoms with E-state index in [1.165, 1.54) is 6.42 Å². The van der Waals surface area contributed by atoms with E-state index in [0.29, 0.717) is 25.6 Å². The van der Waals surface area contributed by atoms with E-state index in [1.54, 1.807) is 12.4 Å². The topological polar surface area (TPSA) is 59.2 Å². The quantitative estimate of drug-likeness (QED) is 0.863. The van der Waals surface area contributed by atoms with E-state index >= 15 is 0 Å². The third kappa shape index (κ3) is 2.85. The summed E-state index contributed by atoms with van der Waals surface area (Å²) in [5.74, 6) is 0.287. The number of hydrogen-bond donors (Lipinski definition) is 1. The molecule has 1 aromatic heterocycles. The number of carbonyl (C=O) groups excluding carboxylic acids is 1. The van der Waals surface area contributed by atoms with Gasteiger partial charge in [-0.3, -0.25) is 9.78 Å². The Bertz CT molecular complexity index is 460. The van der Waals surface area contributed by atoms with Crippen LogP contribution < -0.4 is 5.73 Å². The third-order valence-electron chi connectivity index (χ3n) is 4.78. The maximum atomic E-state index is 12.7. The summed E-state index contributed by atoms with van der Waals surface area (Å²) >= 11 is 0. The van der Waals surface area contributed by atoms with E-state index in [0.717, 1.165) is 31.2 Å². The van der Waals surface area contributed by atoms with Crippen LogP contribution in [-0.4, -0.2) is 28.4 Å². The monoisotopic (exact) mass is 273 g/mol. The van der Waals surface area contributed by atoms with Gasteiger partial charge in [0.05, 0.1) is 0 Å². The van der Waals surface area contributed by atoms with Crippen molar-refractivity contribution in [1.82, 2.24) is 9.88 Å². The molecule has 2 aliphatic carbocycles. The molecule has 0 bridgehead atoms. The molecule has 0 aliphatic heterocycles. The SMILES string of the molecule is NCC1(CC(=O)N(Cc2ccncc2)C2CC2)CCC1. The van der Waals surface area contributed by atoms with Gasteiger partial charge in [-0.1, -0.05) is 6.42 Å². The smallest absolute Gasteiger partial charge is 0.223 e. The Morgan fingerprint density at radius 3 is 2.55 bits per heavy atom. The van der Waals surface area contributed by atoms with Crippen LogP contribution in [0.2, 0.25) is 0 Å². The van der Waals surface area contributed by atoms with E-state index < -0.39 is 0 Å². The first kappa shape index (κ1) is 13.6. The van der Waals surface area contributed by atoms with E-state index in [1.807, 2.05) is 12.1 Å². The minimum absolute atomic E-state index is 0.0997. The number of nitrogens with two attached hydrogens (primary N) is 1. The molecule has 2 saturated carbocycles. The van der Waals surface area contributed by atoms with Crippen molar-refractivity contribution < 1.29 is 4.79 Å². The lowest BCUT2D eigenvalue weighted by Crippen LogP contribution is -2.43. The van der Waals surface area contributed by atoms with E-state index in [4.69, 9.17) is 5.73 Å². The van der Waals surface area contributed by atoms with Crippen LogP contribution in [0, 0.1) is 5.41 Å². The molecule has 1 amide bonds. The van der Waals surface area contributed by atoms with Crippen LogP contribution in [0.3, 0.4) is 0 Å². The van der Waals surface area contributed by atoms with Crippen LogP contribution in [0.15, 0.2) is 24.5 Å². The normalized spacial score (nSPS) is 20.2. The Morgan fingerprint density at radius 2 is 2.05 bits per heavy atom. The minimum atomic E-state index is 0.0997. The summed E-state index contributed by atoms with van der Waals surface area (Å²) in [5.41, 5.74) is 7.14. The number of rotatable bonds is 6. The fourth-order valence-electron chi connectivity index (χ4n) is 3.04. The fraction of sp³-hybridized carbons (Fsp3) is 0.625. The van der Waals surface area contributed by atoms with Crippen molar-refractivity contribution in [3.63, 3.8) is 0 Å². The largest absolute Gasteiger partial charge is 0.335 e. The molecule has 0 spiro atoms. The first-order valence-electron chi connectivity index (χ1n) is 7.61. The van der Waals surface area contributed by atoms with Gasteiger partial charge in [-0.2, -0.15) is 0 Å². The summed E-state index contributed by atoms with van der Waals surface area (Å²) < 4.78 is 0. The van der Waals surface area contributed by atoms with Gasteiger partial charge in [-0.25, -0.2) is 0 Å². The molecule has 1 aromatic rings. The van der Waals surface area contributed by atoms with Crippen LogP contribution in [-0.2, 0) is 11.3 Å². The average Bonchev–Trinajstić information content (AvgIpc) is 3.25. The zero-order valence-corrected chi connectivity index (χ0v) is 11.9. The minimum Gasteiger partial charge on any atom is -0.335 e. The molecular formula is C16H23N3O. The number of nitrogens with zero attached hydrogens (tertiary/aromatic N) is 2. The van der Waals surface area contributed by atoms with Gasteiger partial charge in [-0.15, -0.1) is 0 Å². The second kappa shape index (κ2) is 5.52. The van der Waals surface area contributed by atoms with Crippen molar-refractivity contribution in [3.8, 4) is 0 Å². The second-order valence-electron chi connectivity index (χ2n) is 6.34. The van der Waals surface area contributed by atoms with Gasteiger partial charge in [-0.05, 0) is 55.3 Å². The van der Waals surface area contributed by atoms with Crippen molar-refractivity contribution in [3.05, 3.63) is 30.1 Å². The Kier molecular flexibility index (Phi) is 3.74. The van der Waals surface area contributed by atoms with Gasteiger partial charge >= 0.3 is 0 Å². The maximum Gasteiger partial charge on any atom is 0.223 e. The lowest BCUT2D eigenvalue weighted by atomic mass is 9.66. The number of aromatic nitrogens is 1. The fourth-order valence-corrected chi connectivity index (χ4v) is 3.04. The second-order valence-corrected chi connectivity index (χ2v) is 6.34. The maximum absolute atomic E-state index is 12.7. The molecule has 1 heterocycles. The Labute approximate surface area is 120 Å². The van der Waals surface area contributed by atoms with Gasteiger partial charge in [0.2, 0.25) is 5.91 Å². The Morgan fingerprint density at radius 1 is 1.35 bits per heavy atom. The first-order chi connectivity index (χ1) is 9.72. The van der Waals surface area contributed by atoms with Crippen LogP contribution in [0.5, 0.6) is 0 Å². The summed E-state index contributed by atoms with van der Waals surface area (Å²) in [6.07, 6.45) is 9.95. The van der Waals surface area contributed by atoms with Crippen LogP contribution in [0.1, 0.15) is 44.1 Å². The van der Waals surface area contributed by atoms with Crippen LogP contribution in [0.25, 0.3) is 0 Å². The highest BCUT2D eigenvalue weighted by Crippen LogP contribution is 2.44. The molecule has 2 N–H and O–H groups in total. The predicted octanol–water partition coefficient (Wildman–Crippen LogP) is 2.09. The van der Waals surface area contributed by atoms with Gasteiger partial charge in [0.1, 0.15) is 0 Å².